The van der Waals surface area contributed by atoms with Crippen LogP contribution >= 0.6 is 11.3 Å². The van der Waals surface area contributed by atoms with E-state index in [1.807, 2.05) is 46.8 Å². The van der Waals surface area contributed by atoms with Gasteiger partial charge in [-0.1, -0.05) is 19.1 Å². The molecule has 4 rings (SSSR count). The molecule has 0 unspecified atom stereocenters. The first kappa shape index (κ1) is 22.8. The summed E-state index contributed by atoms with van der Waals surface area (Å²) in [5, 5.41) is 0.951. The van der Waals surface area contributed by atoms with Gasteiger partial charge in [0.25, 0.3) is 5.91 Å². The molecule has 1 aromatic carbocycles. The number of thiophene rings is 1. The molecule has 1 aliphatic rings. The first-order valence-corrected chi connectivity index (χ1v) is 13.0. The zero-order valence-electron chi connectivity index (χ0n) is 19.1. The quantitative estimate of drug-likeness (QED) is 0.579. The van der Waals surface area contributed by atoms with Crippen molar-refractivity contribution in [2.45, 2.75) is 45.9 Å². The Bertz CT molecular complexity index is 1310. The number of carbonyl (C=O) groups excluding carboxylic acids is 1. The summed E-state index contributed by atoms with van der Waals surface area (Å²) < 4.78 is 27.9. The standard InChI is InChI=1S/C23H28N4O3S2/c1-6-19-24-17(5)20-16(4)21(31-22(20)25-19)23(28)26-9-11-27(12-10-26)32(29,30)18-13-14(2)7-8-15(18)3/h7-8,13H,6,9-12H2,1-5H3. The second-order valence-electron chi connectivity index (χ2n) is 8.28. The Hall–Kier alpha value is -2.36. The van der Waals surface area contributed by atoms with Crippen molar-refractivity contribution in [1.82, 2.24) is 19.2 Å². The van der Waals surface area contributed by atoms with E-state index in [0.717, 1.165) is 44.8 Å². The van der Waals surface area contributed by atoms with E-state index >= 15 is 0 Å². The third kappa shape index (κ3) is 3.93. The lowest BCUT2D eigenvalue weighted by molar-refractivity contribution is 0.0702. The second-order valence-corrected chi connectivity index (χ2v) is 11.2. The van der Waals surface area contributed by atoms with Gasteiger partial charge >= 0.3 is 0 Å². The first-order valence-electron chi connectivity index (χ1n) is 10.8. The van der Waals surface area contributed by atoms with Gasteiger partial charge in [-0.15, -0.1) is 11.3 Å². The fourth-order valence-electron chi connectivity index (χ4n) is 4.16. The number of sulfonamides is 1. The molecule has 1 amide bonds. The van der Waals surface area contributed by atoms with Gasteiger partial charge in [-0.2, -0.15) is 4.31 Å². The number of aromatic nitrogens is 2. The number of hydrogen-bond acceptors (Lipinski definition) is 6. The number of amides is 1. The van der Waals surface area contributed by atoms with E-state index < -0.39 is 10.0 Å². The minimum absolute atomic E-state index is 0.0632. The smallest absolute Gasteiger partial charge is 0.264 e. The molecule has 2 aromatic heterocycles. The molecule has 0 atom stereocenters. The van der Waals surface area contributed by atoms with Crippen molar-refractivity contribution >= 4 is 37.5 Å². The third-order valence-electron chi connectivity index (χ3n) is 6.02. The fraction of sp³-hybridized carbons (Fsp3) is 0.435. The number of hydrogen-bond donors (Lipinski definition) is 0. The summed E-state index contributed by atoms with van der Waals surface area (Å²) in [7, 11) is -3.59. The topological polar surface area (TPSA) is 83.5 Å². The van der Waals surface area contributed by atoms with Crippen molar-refractivity contribution < 1.29 is 13.2 Å². The zero-order valence-corrected chi connectivity index (χ0v) is 20.7. The van der Waals surface area contributed by atoms with E-state index in [1.54, 1.807) is 11.0 Å². The highest BCUT2D eigenvalue weighted by molar-refractivity contribution is 7.89. The lowest BCUT2D eigenvalue weighted by Crippen LogP contribution is -2.50. The minimum atomic E-state index is -3.59. The Morgan fingerprint density at radius 3 is 2.41 bits per heavy atom. The second kappa shape index (κ2) is 8.53. The molecule has 1 saturated heterocycles. The average molecular weight is 473 g/mol. The van der Waals surface area contributed by atoms with Gasteiger partial charge in [-0.05, 0) is 50.5 Å². The van der Waals surface area contributed by atoms with Crippen LogP contribution in [0.3, 0.4) is 0 Å². The Kier molecular flexibility index (Phi) is 6.08. The van der Waals surface area contributed by atoms with Crippen molar-refractivity contribution in [3.05, 3.63) is 51.3 Å². The van der Waals surface area contributed by atoms with Gasteiger partial charge in [-0.25, -0.2) is 18.4 Å². The predicted molar refractivity (Wildman–Crippen MR) is 127 cm³/mol. The van der Waals surface area contributed by atoms with Crippen LogP contribution in [0, 0.1) is 27.7 Å². The molecule has 0 saturated carbocycles. The predicted octanol–water partition coefficient (Wildman–Crippen LogP) is 3.63. The highest BCUT2D eigenvalue weighted by Gasteiger charge is 2.32. The molecule has 3 aromatic rings. The summed E-state index contributed by atoms with van der Waals surface area (Å²) in [6.07, 6.45) is 0.744. The first-order chi connectivity index (χ1) is 15.1. The zero-order chi connectivity index (χ0) is 23.2. The maximum atomic E-state index is 13.3. The molecule has 7 nitrogen and oxygen atoms in total. The number of carbonyl (C=O) groups is 1. The Labute approximate surface area is 193 Å². The van der Waals surface area contributed by atoms with Gasteiger partial charge in [0, 0.05) is 43.7 Å². The molecule has 0 aliphatic carbocycles. The summed E-state index contributed by atoms with van der Waals surface area (Å²) >= 11 is 1.40. The van der Waals surface area contributed by atoms with Crippen LogP contribution < -0.4 is 0 Å². The van der Waals surface area contributed by atoms with E-state index in [9.17, 15) is 13.2 Å². The lowest BCUT2D eigenvalue weighted by atomic mass is 10.1. The largest absolute Gasteiger partial charge is 0.335 e. The van der Waals surface area contributed by atoms with Gasteiger partial charge in [-0.3, -0.25) is 4.79 Å². The number of rotatable bonds is 4. The molecule has 0 bridgehead atoms. The van der Waals surface area contributed by atoms with Gasteiger partial charge in [0.2, 0.25) is 10.0 Å². The van der Waals surface area contributed by atoms with Crippen molar-refractivity contribution in [3.63, 3.8) is 0 Å². The van der Waals surface area contributed by atoms with Gasteiger partial charge < -0.3 is 4.90 Å². The van der Waals surface area contributed by atoms with Gasteiger partial charge in [0.05, 0.1) is 9.77 Å². The van der Waals surface area contributed by atoms with E-state index in [-0.39, 0.29) is 19.0 Å². The molecule has 0 N–H and O–H groups in total. The minimum Gasteiger partial charge on any atom is -0.335 e. The van der Waals surface area contributed by atoms with Crippen LogP contribution in [-0.2, 0) is 16.4 Å². The molecule has 1 aliphatic heterocycles. The van der Waals surface area contributed by atoms with E-state index in [2.05, 4.69) is 9.97 Å². The summed E-state index contributed by atoms with van der Waals surface area (Å²) in [6, 6.07) is 5.46. The van der Waals surface area contributed by atoms with Crippen LogP contribution in [-0.4, -0.2) is 59.7 Å². The molecule has 3 heterocycles. The van der Waals surface area contributed by atoms with Crippen molar-refractivity contribution in [2.24, 2.45) is 0 Å². The van der Waals surface area contributed by atoms with Crippen molar-refractivity contribution in [3.8, 4) is 0 Å². The number of piperazine rings is 1. The normalized spacial score (nSPS) is 15.5. The molecule has 9 heteroatoms. The Morgan fingerprint density at radius 2 is 1.75 bits per heavy atom. The SMILES string of the molecule is CCc1nc(C)c2c(C)c(C(=O)N3CCN(S(=O)(=O)c4cc(C)ccc4C)CC3)sc2n1. The Balaban J connectivity index is 1.55. The van der Waals surface area contributed by atoms with Crippen LogP contribution in [0.4, 0.5) is 0 Å². The summed E-state index contributed by atoms with van der Waals surface area (Å²) in [5.74, 6) is 0.715. The molecule has 0 spiro atoms. The van der Waals surface area contributed by atoms with Crippen molar-refractivity contribution in [2.75, 3.05) is 26.2 Å². The molecular formula is C23H28N4O3S2. The summed E-state index contributed by atoms with van der Waals surface area (Å²) in [4.78, 5) is 26.0. The van der Waals surface area contributed by atoms with Gasteiger partial charge in [0.15, 0.2) is 0 Å². The van der Waals surface area contributed by atoms with E-state index in [1.165, 1.54) is 15.6 Å². The average Bonchev–Trinajstić information content (AvgIpc) is 3.11. The maximum Gasteiger partial charge on any atom is 0.264 e. The lowest BCUT2D eigenvalue weighted by Gasteiger charge is -2.34. The molecule has 32 heavy (non-hydrogen) atoms. The summed E-state index contributed by atoms with van der Waals surface area (Å²) in [5.41, 5.74) is 3.44. The van der Waals surface area contributed by atoms with E-state index in [0.29, 0.717) is 22.9 Å². The highest BCUT2D eigenvalue weighted by atomic mass is 32.2. The molecular weight excluding hydrogens is 444 g/mol. The Morgan fingerprint density at radius 1 is 1.06 bits per heavy atom. The fourth-order valence-corrected chi connectivity index (χ4v) is 7.11. The number of aryl methyl sites for hydroxylation is 5. The molecule has 1 fully saturated rings. The number of benzene rings is 1. The van der Waals surface area contributed by atoms with Gasteiger partial charge in [0.1, 0.15) is 10.7 Å². The number of nitrogens with zero attached hydrogens (tertiary/aromatic N) is 4. The highest BCUT2D eigenvalue weighted by Crippen LogP contribution is 2.32. The van der Waals surface area contributed by atoms with Crippen LogP contribution in [0.5, 0.6) is 0 Å². The van der Waals surface area contributed by atoms with Crippen LogP contribution in [0.25, 0.3) is 10.2 Å². The monoisotopic (exact) mass is 472 g/mol. The van der Waals surface area contributed by atoms with Crippen molar-refractivity contribution in [1.29, 1.82) is 0 Å². The van der Waals surface area contributed by atoms with Crippen LogP contribution in [0.1, 0.15) is 44.8 Å². The summed E-state index contributed by atoms with van der Waals surface area (Å²) in [6.45, 7) is 10.9. The number of fused-ring (bicyclic) bond motifs is 1. The van der Waals surface area contributed by atoms with E-state index in [4.69, 9.17) is 0 Å². The van der Waals surface area contributed by atoms with Crippen LogP contribution in [0.15, 0.2) is 23.1 Å². The van der Waals surface area contributed by atoms with Crippen LogP contribution in [0.2, 0.25) is 0 Å². The maximum absolute atomic E-state index is 13.3. The third-order valence-corrected chi connectivity index (χ3v) is 9.23. The molecule has 0 radical (unpaired) electrons. The molecule has 170 valence electrons.